The van der Waals surface area contributed by atoms with E-state index in [9.17, 15) is 9.18 Å². The van der Waals surface area contributed by atoms with Gasteiger partial charge in [0.25, 0.3) is 0 Å². The summed E-state index contributed by atoms with van der Waals surface area (Å²) in [5.74, 6) is -0.482. The van der Waals surface area contributed by atoms with Crippen LogP contribution in [0, 0.1) is 19.7 Å². The van der Waals surface area contributed by atoms with Crippen molar-refractivity contribution in [2.75, 3.05) is 5.32 Å². The Labute approximate surface area is 88.8 Å². The number of carbonyl (C=O) groups is 1. The van der Waals surface area contributed by atoms with Gasteiger partial charge in [0, 0.05) is 5.69 Å². The van der Waals surface area contributed by atoms with Crippen molar-refractivity contribution in [1.82, 2.24) is 0 Å². The molecular weight excluding hydrogens is 193 g/mol. The molecule has 0 radical (unpaired) electrons. The quantitative estimate of drug-likeness (QED) is 0.742. The van der Waals surface area contributed by atoms with Crippen molar-refractivity contribution in [1.29, 1.82) is 0 Å². The average molecular weight is 207 g/mol. The molecule has 0 aromatic heterocycles. The highest BCUT2D eigenvalue weighted by Crippen LogP contribution is 2.21. The normalized spacial score (nSPS) is 10.7. The van der Waals surface area contributed by atoms with Crippen molar-refractivity contribution in [3.63, 3.8) is 0 Å². The van der Waals surface area contributed by atoms with E-state index in [0.29, 0.717) is 5.69 Å². The summed E-state index contributed by atoms with van der Waals surface area (Å²) in [5, 5.41) is 2.71. The molecule has 0 fully saturated rings. The second-order valence-electron chi connectivity index (χ2n) is 3.40. The Morgan fingerprint density at radius 1 is 1.33 bits per heavy atom. The molecule has 0 aliphatic rings. The summed E-state index contributed by atoms with van der Waals surface area (Å²) in [6.45, 7) is 5.30. The van der Waals surface area contributed by atoms with Crippen LogP contribution in [0.2, 0.25) is 0 Å². The first-order valence-electron chi connectivity index (χ1n) is 4.75. The monoisotopic (exact) mass is 207 g/mol. The largest absolute Gasteiger partial charge is 0.322 e. The summed E-state index contributed by atoms with van der Waals surface area (Å²) >= 11 is 0. The molecule has 0 saturated heterocycles. The van der Waals surface area contributed by atoms with Crippen LogP contribution in [0.25, 0.3) is 0 Å². The van der Waals surface area contributed by atoms with Crippen LogP contribution in [-0.4, -0.2) is 5.91 Å². The van der Waals surface area contributed by atoms with Crippen LogP contribution in [0.15, 0.2) is 24.3 Å². The number of nitrogens with one attached hydrogen (secondary N) is 1. The molecule has 1 aromatic carbocycles. The Hall–Kier alpha value is -1.64. The lowest BCUT2D eigenvalue weighted by molar-refractivity contribution is -0.111. The van der Waals surface area contributed by atoms with Gasteiger partial charge in [-0.1, -0.05) is 6.08 Å². The summed E-state index contributed by atoms with van der Waals surface area (Å²) in [7, 11) is 0. The van der Waals surface area contributed by atoms with E-state index in [2.05, 4.69) is 5.32 Å². The molecule has 0 saturated carbocycles. The van der Waals surface area contributed by atoms with Gasteiger partial charge in [-0.15, -0.1) is 0 Å². The maximum Gasteiger partial charge on any atom is 0.248 e. The van der Waals surface area contributed by atoms with Gasteiger partial charge in [-0.2, -0.15) is 0 Å². The molecule has 0 aliphatic heterocycles. The fourth-order valence-electron chi connectivity index (χ4n) is 1.42. The first-order chi connectivity index (χ1) is 7.04. The molecule has 1 rings (SSSR count). The topological polar surface area (TPSA) is 29.1 Å². The van der Waals surface area contributed by atoms with Crippen LogP contribution >= 0.6 is 0 Å². The van der Waals surface area contributed by atoms with E-state index in [0.717, 1.165) is 11.1 Å². The Morgan fingerprint density at radius 2 is 1.87 bits per heavy atom. The fraction of sp³-hybridized carbons (Fsp3) is 0.250. The number of hydrogen-bond donors (Lipinski definition) is 1. The van der Waals surface area contributed by atoms with Crippen molar-refractivity contribution in [2.45, 2.75) is 20.8 Å². The lowest BCUT2D eigenvalue weighted by atomic mass is 10.1. The molecule has 1 aromatic rings. The SMILES string of the molecule is C/C=C/C(=O)Nc1c(C)cc(F)cc1C. The zero-order chi connectivity index (χ0) is 11.4. The second-order valence-corrected chi connectivity index (χ2v) is 3.40. The predicted octanol–water partition coefficient (Wildman–Crippen LogP) is 2.96. The Kier molecular flexibility index (Phi) is 3.61. The molecule has 0 heterocycles. The van der Waals surface area contributed by atoms with Gasteiger partial charge in [0.2, 0.25) is 5.91 Å². The first kappa shape index (κ1) is 11.4. The van der Waals surface area contributed by atoms with Crippen LogP contribution in [0.5, 0.6) is 0 Å². The second kappa shape index (κ2) is 4.73. The van der Waals surface area contributed by atoms with Crippen LogP contribution in [0.4, 0.5) is 10.1 Å². The number of benzene rings is 1. The Bertz CT molecular complexity index is 387. The van der Waals surface area contributed by atoms with Gasteiger partial charge in [-0.25, -0.2) is 4.39 Å². The molecule has 0 spiro atoms. The zero-order valence-corrected chi connectivity index (χ0v) is 9.10. The molecule has 1 N–H and O–H groups in total. The number of allylic oxidation sites excluding steroid dienone is 1. The first-order valence-corrected chi connectivity index (χ1v) is 4.75. The molecule has 0 aliphatic carbocycles. The zero-order valence-electron chi connectivity index (χ0n) is 9.10. The van der Waals surface area contributed by atoms with Gasteiger partial charge in [0.1, 0.15) is 5.82 Å². The number of aryl methyl sites for hydroxylation is 2. The minimum atomic E-state index is -0.283. The van der Waals surface area contributed by atoms with Crippen LogP contribution < -0.4 is 5.32 Å². The van der Waals surface area contributed by atoms with E-state index in [4.69, 9.17) is 0 Å². The summed E-state index contributed by atoms with van der Waals surface area (Å²) in [6.07, 6.45) is 3.09. The summed E-state index contributed by atoms with van der Waals surface area (Å²) in [4.78, 5) is 11.3. The highest BCUT2D eigenvalue weighted by Gasteiger charge is 2.06. The number of amides is 1. The van der Waals surface area contributed by atoms with Gasteiger partial charge in [-0.3, -0.25) is 4.79 Å². The third-order valence-corrected chi connectivity index (χ3v) is 2.06. The van der Waals surface area contributed by atoms with Gasteiger partial charge < -0.3 is 5.32 Å². The highest BCUT2D eigenvalue weighted by atomic mass is 19.1. The van der Waals surface area contributed by atoms with E-state index in [-0.39, 0.29) is 11.7 Å². The van der Waals surface area contributed by atoms with Gasteiger partial charge >= 0.3 is 0 Å². The molecule has 0 bridgehead atoms. The van der Waals surface area contributed by atoms with Crippen LogP contribution in [0.3, 0.4) is 0 Å². The van der Waals surface area contributed by atoms with Crippen molar-refractivity contribution in [2.24, 2.45) is 0 Å². The molecule has 3 heteroatoms. The number of halogens is 1. The van der Waals surface area contributed by atoms with E-state index < -0.39 is 0 Å². The fourth-order valence-corrected chi connectivity index (χ4v) is 1.42. The summed E-state index contributed by atoms with van der Waals surface area (Å²) in [6, 6.07) is 2.80. The minimum absolute atomic E-state index is 0.199. The molecule has 15 heavy (non-hydrogen) atoms. The van der Waals surface area contributed by atoms with Crippen molar-refractivity contribution in [3.8, 4) is 0 Å². The third-order valence-electron chi connectivity index (χ3n) is 2.06. The smallest absolute Gasteiger partial charge is 0.248 e. The van der Waals surface area contributed by atoms with Gasteiger partial charge in [0.15, 0.2) is 0 Å². The summed E-state index contributed by atoms with van der Waals surface area (Å²) < 4.78 is 13.0. The lowest BCUT2D eigenvalue weighted by Crippen LogP contribution is -2.10. The molecule has 0 atom stereocenters. The van der Waals surface area contributed by atoms with E-state index >= 15 is 0 Å². The molecule has 80 valence electrons. The van der Waals surface area contributed by atoms with Gasteiger partial charge in [-0.05, 0) is 50.1 Å². The van der Waals surface area contributed by atoms with Crippen LogP contribution in [-0.2, 0) is 4.79 Å². The Morgan fingerprint density at radius 3 is 2.33 bits per heavy atom. The van der Waals surface area contributed by atoms with Crippen molar-refractivity contribution < 1.29 is 9.18 Å². The molecule has 1 amide bonds. The number of hydrogen-bond acceptors (Lipinski definition) is 1. The lowest BCUT2D eigenvalue weighted by Gasteiger charge is -2.10. The Balaban J connectivity index is 3.00. The molecule has 0 unspecified atom stereocenters. The third kappa shape index (κ3) is 2.91. The number of rotatable bonds is 2. The number of carbonyl (C=O) groups excluding carboxylic acids is 1. The standard InChI is InChI=1S/C12H14FNO/c1-4-5-11(15)14-12-8(2)6-10(13)7-9(12)3/h4-7H,1-3H3,(H,14,15)/b5-4+. The molecule has 2 nitrogen and oxygen atoms in total. The minimum Gasteiger partial charge on any atom is -0.322 e. The number of anilines is 1. The van der Waals surface area contributed by atoms with Crippen molar-refractivity contribution in [3.05, 3.63) is 41.2 Å². The predicted molar refractivity (Wildman–Crippen MR) is 59.3 cm³/mol. The molecular formula is C12H14FNO. The summed E-state index contributed by atoms with van der Waals surface area (Å²) in [5.41, 5.74) is 2.13. The van der Waals surface area contributed by atoms with E-state index in [1.807, 2.05) is 0 Å². The maximum absolute atomic E-state index is 13.0. The van der Waals surface area contributed by atoms with Gasteiger partial charge in [0.05, 0.1) is 0 Å². The van der Waals surface area contributed by atoms with E-state index in [1.165, 1.54) is 18.2 Å². The average Bonchev–Trinajstić information content (AvgIpc) is 2.11. The van der Waals surface area contributed by atoms with Crippen LogP contribution in [0.1, 0.15) is 18.1 Å². The van der Waals surface area contributed by atoms with E-state index in [1.54, 1.807) is 26.8 Å². The van der Waals surface area contributed by atoms with Crippen molar-refractivity contribution >= 4 is 11.6 Å². The maximum atomic E-state index is 13.0. The highest BCUT2D eigenvalue weighted by molar-refractivity contribution is 6.00.